The predicted octanol–water partition coefficient (Wildman–Crippen LogP) is 4.73. The van der Waals surface area contributed by atoms with Gasteiger partial charge < -0.3 is 5.32 Å². The molecule has 0 radical (unpaired) electrons. The largest absolute Gasteiger partial charge is 0.416 e. The second-order valence-corrected chi connectivity index (χ2v) is 10.1. The lowest BCUT2D eigenvalue weighted by Gasteiger charge is -2.28. The van der Waals surface area contributed by atoms with Crippen molar-refractivity contribution in [1.29, 1.82) is 0 Å². The van der Waals surface area contributed by atoms with Gasteiger partial charge in [0.1, 0.15) is 0 Å². The topological polar surface area (TPSA) is 63.2 Å². The third kappa shape index (κ3) is 4.10. The molecule has 1 saturated carbocycles. The van der Waals surface area contributed by atoms with Gasteiger partial charge in [-0.3, -0.25) is 4.79 Å². The molecule has 0 atom stereocenters. The third-order valence-corrected chi connectivity index (χ3v) is 8.32. The van der Waals surface area contributed by atoms with Gasteiger partial charge in [0.05, 0.1) is 10.5 Å². The third-order valence-electron chi connectivity index (χ3n) is 5.68. The standard InChI is InChI=1S/C22H24F3NO3S/c1-15-8-9-16(2)19(12-15)30(28,29)21(10-3-4-11-21)20(27)26-14-17-6-5-7-18(13-17)22(23,24)25/h5-9,12-13H,3-4,10-11,14H2,1-2H3,(H,26,27). The number of nitrogens with one attached hydrogen (secondary N) is 1. The quantitative estimate of drug-likeness (QED) is 0.733. The summed E-state index contributed by atoms with van der Waals surface area (Å²) in [5, 5.41) is 2.58. The van der Waals surface area contributed by atoms with Crippen LogP contribution in [0.3, 0.4) is 0 Å². The Balaban J connectivity index is 1.89. The first-order chi connectivity index (χ1) is 14.0. The normalized spacial score (nSPS) is 16.4. The first kappa shape index (κ1) is 22.3. The zero-order valence-corrected chi connectivity index (χ0v) is 17.7. The Labute approximate surface area is 174 Å². The molecular weight excluding hydrogens is 415 g/mol. The van der Waals surface area contributed by atoms with Crippen molar-refractivity contribution in [2.75, 3.05) is 0 Å². The molecule has 0 unspecified atom stereocenters. The Kier molecular flexibility index (Phi) is 6.00. The summed E-state index contributed by atoms with van der Waals surface area (Å²) in [6.45, 7) is 3.30. The summed E-state index contributed by atoms with van der Waals surface area (Å²) in [6, 6.07) is 9.74. The number of hydrogen-bond donors (Lipinski definition) is 1. The Hall–Kier alpha value is -2.35. The van der Waals surface area contributed by atoms with E-state index in [9.17, 15) is 26.4 Å². The number of hydrogen-bond acceptors (Lipinski definition) is 3. The van der Waals surface area contributed by atoms with Crippen molar-refractivity contribution in [2.24, 2.45) is 0 Å². The van der Waals surface area contributed by atoms with Gasteiger partial charge >= 0.3 is 6.18 Å². The molecule has 8 heteroatoms. The molecular formula is C22H24F3NO3S. The molecule has 0 saturated heterocycles. The highest BCUT2D eigenvalue weighted by atomic mass is 32.2. The number of halogens is 3. The molecule has 2 aromatic carbocycles. The molecule has 3 rings (SSSR count). The number of carbonyl (C=O) groups is 1. The van der Waals surface area contributed by atoms with Crippen molar-refractivity contribution in [3.63, 3.8) is 0 Å². The van der Waals surface area contributed by atoms with Crippen molar-refractivity contribution in [1.82, 2.24) is 5.32 Å². The summed E-state index contributed by atoms with van der Waals surface area (Å²) in [5.74, 6) is -0.654. The van der Waals surface area contributed by atoms with E-state index in [0.717, 1.165) is 17.7 Å². The van der Waals surface area contributed by atoms with Crippen molar-refractivity contribution < 1.29 is 26.4 Å². The van der Waals surface area contributed by atoms with Crippen LogP contribution < -0.4 is 5.32 Å². The number of benzene rings is 2. The molecule has 162 valence electrons. The summed E-state index contributed by atoms with van der Waals surface area (Å²) in [7, 11) is -3.98. The molecule has 1 fully saturated rings. The number of alkyl halides is 3. The van der Waals surface area contributed by atoms with Gasteiger partial charge in [-0.25, -0.2) is 8.42 Å². The zero-order valence-electron chi connectivity index (χ0n) is 16.8. The minimum atomic E-state index is -4.49. The number of aryl methyl sites for hydroxylation is 2. The molecule has 1 amide bonds. The molecule has 1 N–H and O–H groups in total. The van der Waals surface area contributed by atoms with Gasteiger partial charge in [0.2, 0.25) is 5.91 Å². The van der Waals surface area contributed by atoms with Gasteiger partial charge in [0.25, 0.3) is 0 Å². The number of amides is 1. The lowest BCUT2D eigenvalue weighted by atomic mass is 10.1. The highest BCUT2D eigenvalue weighted by Crippen LogP contribution is 2.42. The molecule has 0 heterocycles. The maximum Gasteiger partial charge on any atom is 0.416 e. The van der Waals surface area contributed by atoms with Crippen molar-refractivity contribution in [3.05, 3.63) is 64.7 Å². The van der Waals surface area contributed by atoms with Crippen molar-refractivity contribution in [3.8, 4) is 0 Å². The number of carbonyl (C=O) groups excluding carboxylic acids is 1. The zero-order chi connectivity index (χ0) is 22.2. The van der Waals surface area contributed by atoms with Gasteiger partial charge in [0, 0.05) is 6.54 Å². The van der Waals surface area contributed by atoms with Crippen LogP contribution in [0, 0.1) is 13.8 Å². The highest BCUT2D eigenvalue weighted by Gasteiger charge is 2.53. The summed E-state index contributed by atoms with van der Waals surface area (Å²) < 4.78 is 64.3. The van der Waals surface area contributed by atoms with E-state index >= 15 is 0 Å². The summed E-state index contributed by atoms with van der Waals surface area (Å²) in [5.41, 5.74) is 0.789. The maximum atomic E-state index is 13.6. The van der Waals surface area contributed by atoms with Crippen LogP contribution in [0.15, 0.2) is 47.4 Å². The molecule has 0 bridgehead atoms. The van der Waals surface area contributed by atoms with E-state index in [2.05, 4.69) is 5.32 Å². The van der Waals surface area contributed by atoms with E-state index in [1.54, 1.807) is 26.0 Å². The Bertz CT molecular complexity index is 1060. The number of sulfone groups is 1. The van der Waals surface area contributed by atoms with Crippen LogP contribution in [0.25, 0.3) is 0 Å². The SMILES string of the molecule is Cc1ccc(C)c(S(=O)(=O)C2(C(=O)NCc3cccc(C(F)(F)F)c3)CCCC2)c1. The molecule has 0 aliphatic heterocycles. The average Bonchev–Trinajstić information content (AvgIpc) is 3.19. The van der Waals surface area contributed by atoms with Crippen LogP contribution in [0.2, 0.25) is 0 Å². The van der Waals surface area contributed by atoms with Crippen molar-refractivity contribution >= 4 is 15.7 Å². The van der Waals surface area contributed by atoms with Gasteiger partial charge in [-0.1, -0.05) is 37.1 Å². The van der Waals surface area contributed by atoms with E-state index in [0.29, 0.717) is 18.4 Å². The fraction of sp³-hybridized carbons (Fsp3) is 0.409. The molecule has 30 heavy (non-hydrogen) atoms. The van der Waals surface area contributed by atoms with E-state index < -0.39 is 32.2 Å². The summed E-state index contributed by atoms with van der Waals surface area (Å²) in [4.78, 5) is 13.3. The molecule has 1 aliphatic carbocycles. The predicted molar refractivity (Wildman–Crippen MR) is 108 cm³/mol. The average molecular weight is 439 g/mol. The fourth-order valence-corrected chi connectivity index (χ4v) is 6.37. The van der Waals surface area contributed by atoms with Gasteiger partial charge in [-0.2, -0.15) is 13.2 Å². The second-order valence-electron chi connectivity index (χ2n) is 7.85. The van der Waals surface area contributed by atoms with Crippen LogP contribution in [0.1, 0.15) is 47.9 Å². The molecule has 0 aromatic heterocycles. The Morgan fingerprint density at radius 2 is 1.73 bits per heavy atom. The van der Waals surface area contributed by atoms with E-state index in [4.69, 9.17) is 0 Å². The van der Waals surface area contributed by atoms with E-state index in [-0.39, 0.29) is 29.8 Å². The lowest BCUT2D eigenvalue weighted by Crippen LogP contribution is -2.50. The van der Waals surface area contributed by atoms with Gasteiger partial charge in [-0.15, -0.1) is 0 Å². The van der Waals surface area contributed by atoms with E-state index in [1.165, 1.54) is 12.1 Å². The Morgan fingerprint density at radius 1 is 1.07 bits per heavy atom. The molecule has 2 aromatic rings. The highest BCUT2D eigenvalue weighted by molar-refractivity contribution is 7.93. The number of rotatable bonds is 5. The van der Waals surface area contributed by atoms with Crippen LogP contribution in [0.5, 0.6) is 0 Å². The van der Waals surface area contributed by atoms with Gasteiger partial charge in [-0.05, 0) is 61.6 Å². The first-order valence-corrected chi connectivity index (χ1v) is 11.2. The van der Waals surface area contributed by atoms with E-state index in [1.807, 2.05) is 6.07 Å². The smallest absolute Gasteiger partial charge is 0.351 e. The summed E-state index contributed by atoms with van der Waals surface area (Å²) >= 11 is 0. The van der Waals surface area contributed by atoms with Crippen LogP contribution >= 0.6 is 0 Å². The minimum Gasteiger partial charge on any atom is -0.351 e. The Morgan fingerprint density at radius 3 is 2.37 bits per heavy atom. The fourth-order valence-electron chi connectivity index (χ4n) is 3.97. The van der Waals surface area contributed by atoms with Crippen LogP contribution in [0.4, 0.5) is 13.2 Å². The monoisotopic (exact) mass is 439 g/mol. The maximum absolute atomic E-state index is 13.6. The first-order valence-electron chi connectivity index (χ1n) is 9.74. The second kappa shape index (κ2) is 8.06. The molecule has 0 spiro atoms. The lowest BCUT2D eigenvalue weighted by molar-refractivity contribution is -0.137. The molecule has 4 nitrogen and oxygen atoms in total. The minimum absolute atomic E-state index is 0.138. The molecule has 1 aliphatic rings. The van der Waals surface area contributed by atoms with Gasteiger partial charge in [0.15, 0.2) is 14.6 Å². The van der Waals surface area contributed by atoms with Crippen molar-refractivity contribution in [2.45, 2.75) is 61.9 Å². The van der Waals surface area contributed by atoms with Crippen LogP contribution in [-0.4, -0.2) is 19.1 Å². The summed E-state index contributed by atoms with van der Waals surface area (Å²) in [6.07, 6.45) is -2.91. The van der Waals surface area contributed by atoms with Crippen LogP contribution in [-0.2, 0) is 27.4 Å².